The molecule has 1 aromatic heterocycles. The van der Waals surface area contributed by atoms with E-state index in [0.717, 1.165) is 10.6 Å². The predicted octanol–water partition coefficient (Wildman–Crippen LogP) is 3.32. The summed E-state index contributed by atoms with van der Waals surface area (Å²) in [6, 6.07) is 11.1. The minimum Gasteiger partial charge on any atom is -0.463 e. The van der Waals surface area contributed by atoms with Gasteiger partial charge in [-0.25, -0.2) is 5.43 Å². The van der Waals surface area contributed by atoms with Gasteiger partial charge in [0.05, 0.1) is 18.2 Å². The fraction of sp³-hybridized carbons (Fsp3) is 0.143. The van der Waals surface area contributed by atoms with Crippen molar-refractivity contribution in [1.29, 1.82) is 0 Å². The Hall–Kier alpha value is -1.72. The molecule has 1 amide bonds. The normalized spacial score (nSPS) is 10.8. The van der Waals surface area contributed by atoms with Crippen molar-refractivity contribution >= 4 is 35.5 Å². The summed E-state index contributed by atoms with van der Waals surface area (Å²) in [7, 11) is 0. The molecule has 1 heterocycles. The zero-order valence-corrected chi connectivity index (χ0v) is 12.2. The third kappa shape index (κ3) is 4.75. The van der Waals surface area contributed by atoms with E-state index in [1.54, 1.807) is 18.4 Å². The molecule has 0 aliphatic rings. The summed E-state index contributed by atoms with van der Waals surface area (Å²) >= 11 is 7.52. The number of benzene rings is 1. The molecule has 4 nitrogen and oxygen atoms in total. The van der Waals surface area contributed by atoms with Crippen molar-refractivity contribution < 1.29 is 9.21 Å². The van der Waals surface area contributed by atoms with Crippen molar-refractivity contribution in [3.05, 3.63) is 59.0 Å². The smallest absolute Gasteiger partial charge is 0.250 e. The van der Waals surface area contributed by atoms with Gasteiger partial charge in [-0.2, -0.15) is 5.10 Å². The quantitative estimate of drug-likeness (QED) is 0.658. The lowest BCUT2D eigenvalue weighted by Gasteiger charge is -2.03. The van der Waals surface area contributed by atoms with Gasteiger partial charge in [0, 0.05) is 10.8 Å². The largest absolute Gasteiger partial charge is 0.463 e. The molecule has 2 rings (SSSR count). The van der Waals surface area contributed by atoms with Gasteiger partial charge in [0.25, 0.3) is 0 Å². The molecule has 104 valence electrons. The van der Waals surface area contributed by atoms with E-state index in [4.69, 9.17) is 16.0 Å². The molecule has 0 radical (unpaired) electrons. The second kappa shape index (κ2) is 7.77. The monoisotopic (exact) mass is 308 g/mol. The maximum absolute atomic E-state index is 11.5. The number of hydrazone groups is 1. The Labute approximate surface area is 126 Å². The lowest BCUT2D eigenvalue weighted by molar-refractivity contribution is -0.118. The van der Waals surface area contributed by atoms with Gasteiger partial charge in [-0.3, -0.25) is 4.79 Å². The first-order valence-electron chi connectivity index (χ1n) is 5.92. The standard InChI is InChI=1S/C14H13ClN2O2S/c15-13-6-2-1-4-11(13)9-20-10-14(18)17-16-8-12-5-3-7-19-12/h1-8H,9-10H2,(H,17,18)/b16-8+. The number of nitrogens with zero attached hydrogens (tertiary/aromatic N) is 1. The Kier molecular flexibility index (Phi) is 5.70. The lowest BCUT2D eigenvalue weighted by atomic mass is 10.2. The fourth-order valence-electron chi connectivity index (χ4n) is 1.43. The van der Waals surface area contributed by atoms with Gasteiger partial charge in [-0.15, -0.1) is 11.8 Å². The molecular weight excluding hydrogens is 296 g/mol. The van der Waals surface area contributed by atoms with Crippen LogP contribution < -0.4 is 5.43 Å². The fourth-order valence-corrected chi connectivity index (χ4v) is 2.54. The molecular formula is C14H13ClN2O2S. The second-order valence-corrected chi connectivity index (χ2v) is 5.29. The molecule has 0 atom stereocenters. The first kappa shape index (κ1) is 14.7. The molecule has 0 fully saturated rings. The third-order valence-electron chi connectivity index (χ3n) is 2.37. The molecule has 1 aromatic carbocycles. The summed E-state index contributed by atoms with van der Waals surface area (Å²) in [5.41, 5.74) is 3.46. The second-order valence-electron chi connectivity index (χ2n) is 3.89. The van der Waals surface area contributed by atoms with Crippen molar-refractivity contribution in [2.75, 3.05) is 5.75 Å². The predicted molar refractivity (Wildman–Crippen MR) is 82.1 cm³/mol. The van der Waals surface area contributed by atoms with Gasteiger partial charge in [0.15, 0.2) is 0 Å². The number of halogens is 1. The van der Waals surface area contributed by atoms with E-state index in [0.29, 0.717) is 17.3 Å². The highest BCUT2D eigenvalue weighted by Crippen LogP contribution is 2.20. The minimum absolute atomic E-state index is 0.162. The molecule has 2 aromatic rings. The molecule has 0 saturated heterocycles. The van der Waals surface area contributed by atoms with Crippen LogP contribution in [0.25, 0.3) is 0 Å². The summed E-state index contributed by atoms with van der Waals surface area (Å²) in [6.45, 7) is 0. The molecule has 1 N–H and O–H groups in total. The van der Waals surface area contributed by atoms with Crippen LogP contribution in [0.15, 0.2) is 52.2 Å². The average Bonchev–Trinajstić information content (AvgIpc) is 2.94. The SMILES string of the molecule is O=C(CSCc1ccccc1Cl)N/N=C/c1ccco1. The van der Waals surface area contributed by atoms with Crippen LogP contribution in [0.4, 0.5) is 0 Å². The van der Waals surface area contributed by atoms with Crippen LogP contribution in [0.5, 0.6) is 0 Å². The van der Waals surface area contributed by atoms with Gasteiger partial charge < -0.3 is 4.42 Å². The van der Waals surface area contributed by atoms with Crippen LogP contribution in [-0.2, 0) is 10.5 Å². The summed E-state index contributed by atoms with van der Waals surface area (Å²) in [5.74, 6) is 1.44. The highest BCUT2D eigenvalue weighted by atomic mass is 35.5. The molecule has 0 unspecified atom stereocenters. The maximum atomic E-state index is 11.5. The highest BCUT2D eigenvalue weighted by molar-refractivity contribution is 7.99. The number of carbonyl (C=O) groups excluding carboxylic acids is 1. The van der Waals surface area contributed by atoms with E-state index in [1.165, 1.54) is 18.0 Å². The van der Waals surface area contributed by atoms with E-state index in [-0.39, 0.29) is 5.91 Å². The van der Waals surface area contributed by atoms with Crippen LogP contribution in [0, 0.1) is 0 Å². The first-order chi connectivity index (χ1) is 9.75. The molecule has 0 aliphatic heterocycles. The van der Waals surface area contributed by atoms with Gasteiger partial charge >= 0.3 is 0 Å². The Morgan fingerprint density at radius 2 is 2.20 bits per heavy atom. The first-order valence-corrected chi connectivity index (χ1v) is 7.45. The van der Waals surface area contributed by atoms with Crippen molar-refractivity contribution in [2.45, 2.75) is 5.75 Å². The number of rotatable bonds is 6. The van der Waals surface area contributed by atoms with E-state index in [1.807, 2.05) is 24.3 Å². The zero-order valence-electron chi connectivity index (χ0n) is 10.6. The number of carbonyl (C=O) groups is 1. The summed E-state index contributed by atoms with van der Waals surface area (Å²) < 4.78 is 5.05. The van der Waals surface area contributed by atoms with E-state index in [9.17, 15) is 4.79 Å². The molecule has 20 heavy (non-hydrogen) atoms. The van der Waals surface area contributed by atoms with Crippen LogP contribution in [0.1, 0.15) is 11.3 Å². The van der Waals surface area contributed by atoms with Crippen molar-refractivity contribution in [3.63, 3.8) is 0 Å². The molecule has 0 aliphatic carbocycles. The number of amides is 1. The Morgan fingerprint density at radius 3 is 2.95 bits per heavy atom. The van der Waals surface area contributed by atoms with Crippen LogP contribution in [-0.4, -0.2) is 17.9 Å². The van der Waals surface area contributed by atoms with Crippen LogP contribution in [0.2, 0.25) is 5.02 Å². The Morgan fingerprint density at radius 1 is 1.35 bits per heavy atom. The Balaban J connectivity index is 1.69. The topological polar surface area (TPSA) is 54.6 Å². The summed E-state index contributed by atoms with van der Waals surface area (Å²) in [6.07, 6.45) is 3.00. The van der Waals surface area contributed by atoms with E-state index >= 15 is 0 Å². The minimum atomic E-state index is -0.162. The number of hydrogen-bond acceptors (Lipinski definition) is 4. The van der Waals surface area contributed by atoms with Crippen molar-refractivity contribution in [3.8, 4) is 0 Å². The number of thioether (sulfide) groups is 1. The molecule has 0 spiro atoms. The molecule has 0 saturated carbocycles. The van der Waals surface area contributed by atoms with Gasteiger partial charge in [-0.1, -0.05) is 29.8 Å². The van der Waals surface area contributed by atoms with E-state index in [2.05, 4.69) is 10.5 Å². The molecule has 0 bridgehead atoms. The van der Waals surface area contributed by atoms with Crippen LogP contribution >= 0.6 is 23.4 Å². The van der Waals surface area contributed by atoms with Gasteiger partial charge in [0.1, 0.15) is 5.76 Å². The lowest BCUT2D eigenvalue weighted by Crippen LogP contribution is -2.19. The zero-order chi connectivity index (χ0) is 14.2. The summed E-state index contributed by atoms with van der Waals surface area (Å²) in [4.78, 5) is 11.5. The average molecular weight is 309 g/mol. The highest BCUT2D eigenvalue weighted by Gasteiger charge is 2.03. The number of furan rings is 1. The molecule has 6 heteroatoms. The maximum Gasteiger partial charge on any atom is 0.250 e. The van der Waals surface area contributed by atoms with E-state index < -0.39 is 0 Å². The third-order valence-corrected chi connectivity index (χ3v) is 3.72. The summed E-state index contributed by atoms with van der Waals surface area (Å²) in [5, 5.41) is 4.52. The van der Waals surface area contributed by atoms with Crippen molar-refractivity contribution in [1.82, 2.24) is 5.43 Å². The van der Waals surface area contributed by atoms with Crippen LogP contribution in [0.3, 0.4) is 0 Å². The Bertz CT molecular complexity index is 585. The number of hydrogen-bond donors (Lipinski definition) is 1. The number of nitrogens with one attached hydrogen (secondary N) is 1. The van der Waals surface area contributed by atoms with Crippen molar-refractivity contribution in [2.24, 2.45) is 5.10 Å². The van der Waals surface area contributed by atoms with Gasteiger partial charge in [-0.05, 0) is 23.8 Å². The van der Waals surface area contributed by atoms with Gasteiger partial charge in [0.2, 0.25) is 5.91 Å².